The number of rotatable bonds is 5. The van der Waals surface area contributed by atoms with Crippen molar-refractivity contribution in [1.82, 2.24) is 4.57 Å². The average molecular weight is 316 g/mol. The average Bonchev–Trinajstić information content (AvgIpc) is 3.11. The molecule has 0 spiro atoms. The number of furan rings is 1. The van der Waals surface area contributed by atoms with Crippen LogP contribution in [0.2, 0.25) is 0 Å². The fraction of sp³-hybridized carbons (Fsp3) is 0.250. The number of aryl methyl sites for hydroxylation is 1. The highest BCUT2D eigenvalue weighted by Gasteiger charge is 2.12. The van der Waals surface area contributed by atoms with Gasteiger partial charge in [0.15, 0.2) is 5.58 Å². The zero-order chi connectivity index (χ0) is 16.4. The summed E-state index contributed by atoms with van der Waals surface area (Å²) in [5.41, 5.74) is 2.01. The van der Waals surface area contributed by atoms with Gasteiger partial charge in [-0.1, -0.05) is 0 Å². The van der Waals surface area contributed by atoms with Crippen LogP contribution in [-0.2, 0) is 18.3 Å². The highest BCUT2D eigenvalue weighted by atomic mass is 16.5. The molecule has 0 unspecified atom stereocenters. The van der Waals surface area contributed by atoms with Gasteiger partial charge in [-0.2, -0.15) is 0 Å². The summed E-state index contributed by atoms with van der Waals surface area (Å²) in [7, 11) is 1.65. The molecule has 3 rings (SSSR count). The number of anilines is 1. The van der Waals surface area contributed by atoms with Crippen molar-refractivity contribution in [2.75, 3.05) is 11.9 Å². The van der Waals surface area contributed by atoms with Crippen LogP contribution in [0.3, 0.4) is 0 Å². The van der Waals surface area contributed by atoms with E-state index in [1.807, 2.05) is 6.07 Å². The molecule has 0 fully saturated rings. The van der Waals surface area contributed by atoms with Crippen LogP contribution in [0.15, 0.2) is 44.0 Å². The molecule has 1 aromatic carbocycles. The molecule has 0 atom stereocenters. The fourth-order valence-corrected chi connectivity index (χ4v) is 2.22. The number of oxazole rings is 1. The van der Waals surface area contributed by atoms with Crippen LogP contribution < -0.4 is 11.1 Å². The van der Waals surface area contributed by atoms with Crippen LogP contribution in [-0.4, -0.2) is 17.1 Å². The Balaban J connectivity index is 1.71. The predicted octanol–water partition coefficient (Wildman–Crippen LogP) is 2.51. The number of hydrogen-bond donors (Lipinski definition) is 1. The number of esters is 1. The molecule has 1 N–H and O–H groups in total. The third kappa shape index (κ3) is 2.98. The Morgan fingerprint density at radius 1 is 1.26 bits per heavy atom. The molecular weight excluding hydrogens is 300 g/mol. The van der Waals surface area contributed by atoms with Crippen molar-refractivity contribution < 1.29 is 18.4 Å². The minimum absolute atomic E-state index is 0.174. The Hall–Kier alpha value is -2.96. The number of benzene rings is 1. The van der Waals surface area contributed by atoms with Gasteiger partial charge in [-0.05, 0) is 31.2 Å². The van der Waals surface area contributed by atoms with Crippen molar-refractivity contribution in [2.24, 2.45) is 7.05 Å². The van der Waals surface area contributed by atoms with E-state index in [1.165, 1.54) is 4.57 Å². The molecule has 0 bridgehead atoms. The third-order valence-electron chi connectivity index (χ3n) is 3.40. The third-order valence-corrected chi connectivity index (χ3v) is 3.40. The summed E-state index contributed by atoms with van der Waals surface area (Å²) >= 11 is 0. The lowest BCUT2D eigenvalue weighted by Crippen LogP contribution is -2.08. The molecule has 3 aromatic rings. The summed E-state index contributed by atoms with van der Waals surface area (Å²) in [6, 6.07) is 8.67. The topological polar surface area (TPSA) is 86.6 Å². The van der Waals surface area contributed by atoms with E-state index in [1.54, 1.807) is 38.2 Å². The van der Waals surface area contributed by atoms with Gasteiger partial charge >= 0.3 is 11.7 Å². The molecule has 0 saturated carbocycles. The Morgan fingerprint density at radius 3 is 2.87 bits per heavy atom. The van der Waals surface area contributed by atoms with Crippen LogP contribution in [0.5, 0.6) is 0 Å². The second-order valence-electron chi connectivity index (χ2n) is 4.95. The fourth-order valence-electron chi connectivity index (χ4n) is 2.22. The van der Waals surface area contributed by atoms with Crippen LogP contribution in [0.1, 0.15) is 23.2 Å². The molecule has 7 heteroatoms. The number of nitrogens with zero attached hydrogens (tertiary/aromatic N) is 1. The Kier molecular flexibility index (Phi) is 3.92. The lowest BCUT2D eigenvalue weighted by Gasteiger charge is -2.04. The van der Waals surface area contributed by atoms with Gasteiger partial charge in [0.25, 0.3) is 0 Å². The van der Waals surface area contributed by atoms with E-state index in [2.05, 4.69) is 5.32 Å². The molecule has 0 aliphatic heterocycles. The maximum atomic E-state index is 11.5. The number of nitrogens with one attached hydrogen (secondary N) is 1. The second-order valence-corrected chi connectivity index (χ2v) is 4.95. The highest BCUT2D eigenvalue weighted by molar-refractivity contribution is 5.86. The monoisotopic (exact) mass is 316 g/mol. The second kappa shape index (κ2) is 6.04. The molecule has 7 nitrogen and oxygen atoms in total. The molecule has 120 valence electrons. The number of hydrogen-bond acceptors (Lipinski definition) is 6. The molecule has 0 saturated heterocycles. The van der Waals surface area contributed by atoms with Crippen molar-refractivity contribution in [3.63, 3.8) is 0 Å². The Labute approximate surface area is 131 Å². The van der Waals surface area contributed by atoms with Crippen LogP contribution in [0.25, 0.3) is 11.1 Å². The molecule has 23 heavy (non-hydrogen) atoms. The lowest BCUT2D eigenvalue weighted by molar-refractivity contribution is 0.0488. The first-order valence-corrected chi connectivity index (χ1v) is 7.17. The van der Waals surface area contributed by atoms with Crippen molar-refractivity contribution in [1.29, 1.82) is 0 Å². The maximum absolute atomic E-state index is 11.5. The molecule has 0 amide bonds. The van der Waals surface area contributed by atoms with E-state index in [9.17, 15) is 9.59 Å². The van der Waals surface area contributed by atoms with E-state index in [4.69, 9.17) is 13.6 Å². The van der Waals surface area contributed by atoms with Crippen molar-refractivity contribution >= 4 is 22.8 Å². The standard InChI is InChI=1S/C16H16N2O5/c1-3-21-15(19)13-7-5-11(22-13)9-17-10-4-6-12-14(8-10)23-16(20)18(12)2/h4-8,17H,3,9H2,1-2H3. The Morgan fingerprint density at radius 2 is 2.09 bits per heavy atom. The Bertz CT molecular complexity index is 903. The summed E-state index contributed by atoms with van der Waals surface area (Å²) < 4.78 is 16.9. The number of carbonyl (C=O) groups is 1. The normalized spacial score (nSPS) is 10.9. The molecular formula is C16H16N2O5. The zero-order valence-corrected chi connectivity index (χ0v) is 12.8. The molecule has 2 aromatic heterocycles. The molecule has 0 radical (unpaired) electrons. The van der Waals surface area contributed by atoms with Gasteiger partial charge in [-0.25, -0.2) is 9.59 Å². The van der Waals surface area contributed by atoms with E-state index >= 15 is 0 Å². The van der Waals surface area contributed by atoms with Gasteiger partial charge in [-0.3, -0.25) is 4.57 Å². The molecule has 2 heterocycles. The summed E-state index contributed by atoms with van der Waals surface area (Å²) in [6.45, 7) is 2.43. The van der Waals surface area contributed by atoms with Crippen LogP contribution in [0.4, 0.5) is 5.69 Å². The summed E-state index contributed by atoms with van der Waals surface area (Å²) in [5.74, 6) is -0.107. The van der Waals surface area contributed by atoms with E-state index in [-0.39, 0.29) is 5.76 Å². The van der Waals surface area contributed by atoms with Crippen molar-refractivity contribution in [2.45, 2.75) is 13.5 Å². The van der Waals surface area contributed by atoms with Gasteiger partial charge < -0.3 is 18.9 Å². The SMILES string of the molecule is CCOC(=O)c1ccc(CNc2ccc3c(c2)oc(=O)n3C)o1. The summed E-state index contributed by atoms with van der Waals surface area (Å²) in [6.07, 6.45) is 0. The first-order chi connectivity index (χ1) is 11.1. The number of aromatic nitrogens is 1. The van der Waals surface area contributed by atoms with Gasteiger partial charge in [0, 0.05) is 18.8 Å². The minimum Gasteiger partial charge on any atom is -0.460 e. The highest BCUT2D eigenvalue weighted by Crippen LogP contribution is 2.19. The largest absolute Gasteiger partial charge is 0.460 e. The number of fused-ring (bicyclic) bond motifs is 1. The summed E-state index contributed by atoms with van der Waals surface area (Å²) in [4.78, 5) is 23.0. The van der Waals surface area contributed by atoms with Crippen LogP contribution in [0, 0.1) is 0 Å². The smallest absolute Gasteiger partial charge is 0.419 e. The first kappa shape index (κ1) is 15.0. The first-order valence-electron chi connectivity index (χ1n) is 7.17. The zero-order valence-electron chi connectivity index (χ0n) is 12.8. The van der Waals surface area contributed by atoms with Crippen molar-refractivity contribution in [3.05, 3.63) is 52.4 Å². The minimum atomic E-state index is -0.480. The summed E-state index contributed by atoms with van der Waals surface area (Å²) in [5, 5.41) is 3.15. The number of ether oxygens (including phenoxy) is 1. The van der Waals surface area contributed by atoms with E-state index in [0.29, 0.717) is 24.5 Å². The van der Waals surface area contributed by atoms with E-state index < -0.39 is 11.7 Å². The van der Waals surface area contributed by atoms with Gasteiger partial charge in [-0.15, -0.1) is 0 Å². The quantitative estimate of drug-likeness (QED) is 0.728. The van der Waals surface area contributed by atoms with Gasteiger partial charge in [0.2, 0.25) is 5.76 Å². The molecule has 0 aliphatic carbocycles. The van der Waals surface area contributed by atoms with Crippen molar-refractivity contribution in [3.8, 4) is 0 Å². The van der Waals surface area contributed by atoms with Gasteiger partial charge in [0.05, 0.1) is 18.7 Å². The van der Waals surface area contributed by atoms with E-state index in [0.717, 1.165) is 11.2 Å². The van der Waals surface area contributed by atoms with Gasteiger partial charge in [0.1, 0.15) is 5.76 Å². The lowest BCUT2D eigenvalue weighted by atomic mass is 10.3. The van der Waals surface area contributed by atoms with Crippen LogP contribution >= 0.6 is 0 Å². The maximum Gasteiger partial charge on any atom is 0.419 e. The number of carbonyl (C=O) groups excluding carboxylic acids is 1. The predicted molar refractivity (Wildman–Crippen MR) is 83.4 cm³/mol. The molecule has 0 aliphatic rings.